The highest BCUT2D eigenvalue weighted by atomic mass is 79.9. The topological polar surface area (TPSA) is 30.7 Å². The van der Waals surface area contributed by atoms with Gasteiger partial charge in [-0.25, -0.2) is 4.68 Å². The van der Waals surface area contributed by atoms with Gasteiger partial charge in [0, 0.05) is 5.33 Å². The van der Waals surface area contributed by atoms with E-state index in [1.54, 1.807) is 23.0 Å². The molecule has 3 nitrogen and oxygen atoms in total. The molecule has 0 spiro atoms. The van der Waals surface area contributed by atoms with Crippen LogP contribution in [0.5, 0.6) is 0 Å². The van der Waals surface area contributed by atoms with Crippen LogP contribution in [0.25, 0.3) is 5.69 Å². The first-order valence-electron chi connectivity index (χ1n) is 4.24. The summed E-state index contributed by atoms with van der Waals surface area (Å²) < 4.78 is 1.56. The minimum atomic E-state index is 0.413. The average molecular weight is 341 g/mol. The summed E-state index contributed by atoms with van der Waals surface area (Å²) in [6.45, 7) is 0. The quantitative estimate of drug-likeness (QED) is 0.608. The molecule has 0 aliphatic carbocycles. The van der Waals surface area contributed by atoms with Crippen LogP contribution in [0, 0.1) is 0 Å². The van der Waals surface area contributed by atoms with Crippen molar-refractivity contribution in [2.24, 2.45) is 0 Å². The van der Waals surface area contributed by atoms with Gasteiger partial charge in [-0.3, -0.25) is 0 Å². The Balaban J connectivity index is 2.51. The van der Waals surface area contributed by atoms with E-state index in [1.165, 1.54) is 0 Å². The number of alkyl halides is 1. The lowest BCUT2D eigenvalue weighted by molar-refractivity contribution is 0.801. The molecule has 0 aliphatic heterocycles. The summed E-state index contributed by atoms with van der Waals surface area (Å²) in [6, 6.07) is 3.23. The molecule has 0 saturated carbocycles. The molecule has 0 amide bonds. The Morgan fingerprint density at radius 3 is 2.44 bits per heavy atom. The second kappa shape index (κ2) is 4.92. The van der Waals surface area contributed by atoms with Gasteiger partial charge >= 0.3 is 0 Å². The van der Waals surface area contributed by atoms with Crippen molar-refractivity contribution >= 4 is 50.7 Å². The first-order chi connectivity index (χ1) is 7.61. The molecule has 2 rings (SSSR count). The first-order valence-corrected chi connectivity index (χ1v) is 6.49. The summed E-state index contributed by atoms with van der Waals surface area (Å²) in [5.74, 6) is 0. The molecule has 7 heteroatoms. The van der Waals surface area contributed by atoms with Crippen molar-refractivity contribution in [3.63, 3.8) is 0 Å². The Morgan fingerprint density at radius 2 is 1.81 bits per heavy atom. The van der Waals surface area contributed by atoms with Crippen molar-refractivity contribution in [3.05, 3.63) is 39.1 Å². The molecule has 0 aliphatic rings. The van der Waals surface area contributed by atoms with Gasteiger partial charge in [0.2, 0.25) is 0 Å². The van der Waals surface area contributed by atoms with Crippen LogP contribution in [0.2, 0.25) is 15.1 Å². The number of hydrogen-bond donors (Lipinski definition) is 0. The fourth-order valence-electron chi connectivity index (χ4n) is 1.17. The van der Waals surface area contributed by atoms with Crippen molar-refractivity contribution in [1.82, 2.24) is 15.0 Å². The van der Waals surface area contributed by atoms with E-state index >= 15 is 0 Å². The fourth-order valence-corrected chi connectivity index (χ4v) is 2.05. The zero-order valence-electron chi connectivity index (χ0n) is 7.79. The molecule has 0 bridgehead atoms. The van der Waals surface area contributed by atoms with Crippen LogP contribution >= 0.6 is 50.7 Å². The molecule has 0 N–H and O–H groups in total. The minimum Gasteiger partial charge on any atom is -0.219 e. The van der Waals surface area contributed by atoms with E-state index in [1.807, 2.05) is 0 Å². The maximum absolute atomic E-state index is 6.05. The molecule has 0 fully saturated rings. The maximum Gasteiger partial charge on any atom is 0.0937 e. The van der Waals surface area contributed by atoms with Crippen LogP contribution < -0.4 is 0 Å². The molecule has 1 heterocycles. The lowest BCUT2D eigenvalue weighted by Crippen LogP contribution is -1.96. The van der Waals surface area contributed by atoms with Gasteiger partial charge in [0.15, 0.2) is 0 Å². The zero-order chi connectivity index (χ0) is 11.7. The van der Waals surface area contributed by atoms with Crippen molar-refractivity contribution in [1.29, 1.82) is 0 Å². The third-order valence-corrected chi connectivity index (χ3v) is 3.51. The molecule has 1 aromatic carbocycles. The van der Waals surface area contributed by atoms with Crippen LogP contribution in [0.4, 0.5) is 0 Å². The molecule has 1 aromatic heterocycles. The second-order valence-corrected chi connectivity index (χ2v) is 4.79. The Morgan fingerprint density at radius 1 is 1.12 bits per heavy atom. The van der Waals surface area contributed by atoms with E-state index in [9.17, 15) is 0 Å². The lowest BCUT2D eigenvalue weighted by Gasteiger charge is -2.05. The second-order valence-electron chi connectivity index (χ2n) is 3.01. The Labute approximate surface area is 115 Å². The largest absolute Gasteiger partial charge is 0.219 e. The highest BCUT2D eigenvalue weighted by molar-refractivity contribution is 9.08. The van der Waals surface area contributed by atoms with Crippen LogP contribution in [0.15, 0.2) is 18.3 Å². The van der Waals surface area contributed by atoms with Gasteiger partial charge in [0.1, 0.15) is 0 Å². The van der Waals surface area contributed by atoms with E-state index in [0.29, 0.717) is 26.1 Å². The highest BCUT2D eigenvalue weighted by Crippen LogP contribution is 2.30. The fraction of sp³-hybridized carbons (Fsp3) is 0.111. The monoisotopic (exact) mass is 339 g/mol. The van der Waals surface area contributed by atoms with Gasteiger partial charge in [-0.15, -0.1) is 5.10 Å². The first kappa shape index (κ1) is 12.2. The highest BCUT2D eigenvalue weighted by Gasteiger charge is 2.09. The Kier molecular flexibility index (Phi) is 3.74. The van der Waals surface area contributed by atoms with Crippen LogP contribution in [-0.2, 0) is 5.33 Å². The summed E-state index contributed by atoms with van der Waals surface area (Å²) in [4.78, 5) is 0. The van der Waals surface area contributed by atoms with Crippen molar-refractivity contribution in [2.45, 2.75) is 5.33 Å². The SMILES string of the molecule is Clc1cc(Cl)c(-n2cc(CBr)nn2)cc1Cl. The smallest absolute Gasteiger partial charge is 0.0937 e. The van der Waals surface area contributed by atoms with E-state index in [-0.39, 0.29) is 0 Å². The molecule has 2 aromatic rings. The number of aromatic nitrogens is 3. The number of rotatable bonds is 2. The molecule has 84 valence electrons. The summed E-state index contributed by atoms with van der Waals surface area (Å²) in [5.41, 5.74) is 1.46. The molecular formula is C9H5BrCl3N3. The maximum atomic E-state index is 6.05. The van der Waals surface area contributed by atoms with E-state index < -0.39 is 0 Å². The molecule has 0 saturated heterocycles. The predicted molar refractivity (Wildman–Crippen MR) is 69.0 cm³/mol. The van der Waals surface area contributed by atoms with Gasteiger partial charge in [0.25, 0.3) is 0 Å². The minimum absolute atomic E-state index is 0.413. The van der Waals surface area contributed by atoms with Crippen LogP contribution in [0.1, 0.15) is 5.69 Å². The number of nitrogens with zero attached hydrogens (tertiary/aromatic N) is 3. The molecule has 16 heavy (non-hydrogen) atoms. The normalized spacial score (nSPS) is 10.8. The average Bonchev–Trinajstić information content (AvgIpc) is 2.71. The summed E-state index contributed by atoms with van der Waals surface area (Å²) >= 11 is 21.1. The van der Waals surface area contributed by atoms with Gasteiger partial charge in [-0.2, -0.15) is 0 Å². The number of halogens is 4. The van der Waals surface area contributed by atoms with Gasteiger partial charge in [-0.05, 0) is 12.1 Å². The summed E-state index contributed by atoms with van der Waals surface area (Å²) in [5, 5.41) is 9.82. The zero-order valence-corrected chi connectivity index (χ0v) is 11.6. The summed E-state index contributed by atoms with van der Waals surface area (Å²) in [7, 11) is 0. The van der Waals surface area contributed by atoms with Crippen molar-refractivity contribution in [2.75, 3.05) is 0 Å². The van der Waals surface area contributed by atoms with Gasteiger partial charge < -0.3 is 0 Å². The third kappa shape index (κ3) is 2.35. The van der Waals surface area contributed by atoms with E-state index in [0.717, 1.165) is 5.69 Å². The van der Waals surface area contributed by atoms with E-state index in [2.05, 4.69) is 26.2 Å². The Hall–Kier alpha value is -0.290. The number of benzene rings is 1. The van der Waals surface area contributed by atoms with Crippen molar-refractivity contribution in [3.8, 4) is 5.69 Å². The van der Waals surface area contributed by atoms with Crippen LogP contribution in [0.3, 0.4) is 0 Å². The Bertz CT molecular complexity index is 527. The van der Waals surface area contributed by atoms with E-state index in [4.69, 9.17) is 34.8 Å². The third-order valence-electron chi connectivity index (χ3n) is 1.91. The molecule has 0 radical (unpaired) electrons. The lowest BCUT2D eigenvalue weighted by atomic mass is 10.3. The number of hydrogen-bond acceptors (Lipinski definition) is 2. The standard InChI is InChI=1S/C9H5BrCl3N3/c10-3-5-4-16(15-14-5)9-2-7(12)6(11)1-8(9)13/h1-2,4H,3H2. The van der Waals surface area contributed by atoms with Crippen molar-refractivity contribution < 1.29 is 0 Å². The van der Waals surface area contributed by atoms with Gasteiger partial charge in [0.05, 0.1) is 32.6 Å². The summed E-state index contributed by atoms with van der Waals surface area (Å²) in [6.07, 6.45) is 1.76. The predicted octanol–water partition coefficient (Wildman–Crippen LogP) is 4.12. The molecular weight excluding hydrogens is 336 g/mol. The molecule has 0 unspecified atom stereocenters. The van der Waals surface area contributed by atoms with Crippen LogP contribution in [-0.4, -0.2) is 15.0 Å². The molecule has 0 atom stereocenters. The van der Waals surface area contributed by atoms with Gasteiger partial charge in [-0.1, -0.05) is 55.9 Å².